The Morgan fingerprint density at radius 1 is 1.28 bits per heavy atom. The van der Waals surface area contributed by atoms with Gasteiger partial charge in [0, 0.05) is 15.2 Å². The monoisotopic (exact) mass is 358 g/mol. The number of hydrogen-bond acceptors (Lipinski definition) is 2. The van der Waals surface area contributed by atoms with Crippen molar-refractivity contribution in [1.29, 1.82) is 0 Å². The van der Waals surface area contributed by atoms with Gasteiger partial charge in [0.1, 0.15) is 0 Å². The second kappa shape index (κ2) is 6.52. The molecule has 1 aliphatic carbocycles. The molecule has 1 amide bonds. The molecule has 0 spiro atoms. The van der Waals surface area contributed by atoms with Gasteiger partial charge in [-0.05, 0) is 72.2 Å². The van der Waals surface area contributed by atoms with Crippen LogP contribution >= 0.6 is 22.6 Å². The van der Waals surface area contributed by atoms with E-state index in [-0.39, 0.29) is 11.8 Å². The number of anilines is 1. The summed E-state index contributed by atoms with van der Waals surface area (Å²) in [6, 6.07) is 7.88. The van der Waals surface area contributed by atoms with Crippen LogP contribution in [0.25, 0.3) is 0 Å². The van der Waals surface area contributed by atoms with E-state index in [9.17, 15) is 4.79 Å². The van der Waals surface area contributed by atoms with Crippen LogP contribution in [0, 0.1) is 15.4 Å². The first kappa shape index (κ1) is 13.8. The van der Waals surface area contributed by atoms with Crippen LogP contribution in [0.5, 0.6) is 0 Å². The Labute approximate surface area is 122 Å². The van der Waals surface area contributed by atoms with Gasteiger partial charge < -0.3 is 11.1 Å². The highest BCUT2D eigenvalue weighted by molar-refractivity contribution is 14.1. The molecule has 2 unspecified atom stereocenters. The molecule has 0 radical (unpaired) electrons. The molecule has 98 valence electrons. The molecule has 0 saturated heterocycles. The van der Waals surface area contributed by atoms with Crippen LogP contribution in [0.2, 0.25) is 0 Å². The smallest absolute Gasteiger partial charge is 0.227 e. The molecular formula is C14H19IN2O. The van der Waals surface area contributed by atoms with E-state index in [1.165, 1.54) is 9.99 Å². The van der Waals surface area contributed by atoms with E-state index in [0.29, 0.717) is 12.5 Å². The van der Waals surface area contributed by atoms with Crippen LogP contribution in [0.15, 0.2) is 24.3 Å². The second-order valence-electron chi connectivity index (χ2n) is 4.88. The first-order valence-corrected chi connectivity index (χ1v) is 7.55. The van der Waals surface area contributed by atoms with Gasteiger partial charge in [0.25, 0.3) is 0 Å². The summed E-state index contributed by atoms with van der Waals surface area (Å²) in [5.74, 6) is 0.567. The molecule has 0 aromatic heterocycles. The highest BCUT2D eigenvalue weighted by atomic mass is 127. The number of nitrogens with one attached hydrogen (secondary N) is 1. The third-order valence-corrected chi connectivity index (χ3v) is 4.38. The fraction of sp³-hybridized carbons (Fsp3) is 0.500. The summed E-state index contributed by atoms with van der Waals surface area (Å²) >= 11 is 2.25. The largest absolute Gasteiger partial charge is 0.330 e. The molecule has 1 saturated carbocycles. The fourth-order valence-electron chi connectivity index (χ4n) is 2.60. The molecule has 3 N–H and O–H groups in total. The van der Waals surface area contributed by atoms with Crippen molar-refractivity contribution in [2.24, 2.45) is 17.6 Å². The minimum Gasteiger partial charge on any atom is -0.330 e. The Morgan fingerprint density at radius 2 is 1.94 bits per heavy atom. The van der Waals surface area contributed by atoms with E-state index in [1.807, 2.05) is 24.3 Å². The Bertz CT molecular complexity index is 405. The van der Waals surface area contributed by atoms with Crippen LogP contribution in [0.4, 0.5) is 5.69 Å². The first-order chi connectivity index (χ1) is 8.70. The lowest BCUT2D eigenvalue weighted by Crippen LogP contribution is -2.35. The van der Waals surface area contributed by atoms with Crippen molar-refractivity contribution in [2.45, 2.75) is 25.7 Å². The maximum absolute atomic E-state index is 12.3. The molecule has 1 fully saturated rings. The quantitative estimate of drug-likeness (QED) is 0.817. The lowest BCUT2D eigenvalue weighted by atomic mass is 9.78. The van der Waals surface area contributed by atoms with Crippen LogP contribution < -0.4 is 11.1 Å². The fourth-order valence-corrected chi connectivity index (χ4v) is 2.96. The molecule has 0 bridgehead atoms. The lowest BCUT2D eigenvalue weighted by Gasteiger charge is -2.29. The molecule has 4 heteroatoms. The molecule has 0 aliphatic heterocycles. The second-order valence-corrected chi connectivity index (χ2v) is 6.13. The van der Waals surface area contributed by atoms with Crippen molar-refractivity contribution in [3.63, 3.8) is 0 Å². The third kappa shape index (κ3) is 3.45. The summed E-state index contributed by atoms with van der Waals surface area (Å²) < 4.78 is 1.17. The first-order valence-electron chi connectivity index (χ1n) is 6.47. The van der Waals surface area contributed by atoms with Crippen LogP contribution in [0.3, 0.4) is 0 Å². The number of amides is 1. The Kier molecular flexibility index (Phi) is 5.00. The lowest BCUT2D eigenvalue weighted by molar-refractivity contribution is -0.122. The van der Waals surface area contributed by atoms with Gasteiger partial charge in [-0.15, -0.1) is 0 Å². The zero-order chi connectivity index (χ0) is 13.0. The summed E-state index contributed by atoms with van der Waals surface area (Å²) in [4.78, 5) is 12.3. The Balaban J connectivity index is 2.00. The topological polar surface area (TPSA) is 55.1 Å². The number of nitrogens with two attached hydrogens (primary N) is 1. The minimum absolute atomic E-state index is 0.0861. The molecule has 2 rings (SSSR count). The predicted octanol–water partition coefficient (Wildman–Crippen LogP) is 2.99. The van der Waals surface area contributed by atoms with Crippen molar-refractivity contribution in [3.8, 4) is 0 Å². The maximum atomic E-state index is 12.3. The van der Waals surface area contributed by atoms with Gasteiger partial charge in [-0.1, -0.05) is 12.8 Å². The van der Waals surface area contributed by atoms with Crippen LogP contribution in [-0.4, -0.2) is 12.5 Å². The third-order valence-electron chi connectivity index (χ3n) is 3.66. The molecule has 0 heterocycles. The zero-order valence-corrected chi connectivity index (χ0v) is 12.5. The minimum atomic E-state index is 0.0861. The molecular weight excluding hydrogens is 339 g/mol. The van der Waals surface area contributed by atoms with Gasteiger partial charge in [-0.3, -0.25) is 4.79 Å². The highest BCUT2D eigenvalue weighted by Gasteiger charge is 2.29. The van der Waals surface area contributed by atoms with Crippen LogP contribution in [-0.2, 0) is 4.79 Å². The average molecular weight is 358 g/mol. The highest BCUT2D eigenvalue weighted by Crippen LogP contribution is 2.30. The maximum Gasteiger partial charge on any atom is 0.227 e. The molecule has 18 heavy (non-hydrogen) atoms. The van der Waals surface area contributed by atoms with Crippen molar-refractivity contribution >= 4 is 34.2 Å². The molecule has 2 atom stereocenters. The normalized spacial score (nSPS) is 23.7. The van der Waals surface area contributed by atoms with E-state index in [4.69, 9.17) is 5.73 Å². The number of halogens is 1. The predicted molar refractivity (Wildman–Crippen MR) is 82.3 cm³/mol. The summed E-state index contributed by atoms with van der Waals surface area (Å²) in [7, 11) is 0. The number of carbonyl (C=O) groups excluding carboxylic acids is 1. The standard InChI is InChI=1S/C14H19IN2O/c15-11-5-7-12(8-6-11)17-14(18)13-4-2-1-3-10(13)9-16/h5-8,10,13H,1-4,9,16H2,(H,17,18). The molecule has 1 aromatic carbocycles. The van der Waals surface area contributed by atoms with Crippen molar-refractivity contribution in [1.82, 2.24) is 0 Å². The van der Waals surface area contributed by atoms with Crippen molar-refractivity contribution in [2.75, 3.05) is 11.9 Å². The zero-order valence-electron chi connectivity index (χ0n) is 10.4. The van der Waals surface area contributed by atoms with Gasteiger partial charge in [0.05, 0.1) is 0 Å². The van der Waals surface area contributed by atoms with Crippen molar-refractivity contribution in [3.05, 3.63) is 27.8 Å². The molecule has 1 aromatic rings. The van der Waals surface area contributed by atoms with E-state index in [2.05, 4.69) is 27.9 Å². The summed E-state index contributed by atoms with van der Waals surface area (Å²) in [5.41, 5.74) is 6.64. The van der Waals surface area contributed by atoms with Gasteiger partial charge in [-0.25, -0.2) is 0 Å². The molecule has 1 aliphatic rings. The Morgan fingerprint density at radius 3 is 2.61 bits per heavy atom. The SMILES string of the molecule is NCC1CCCCC1C(=O)Nc1ccc(I)cc1. The van der Waals surface area contributed by atoms with E-state index < -0.39 is 0 Å². The number of benzene rings is 1. The summed E-state index contributed by atoms with van der Waals surface area (Å²) in [6.45, 7) is 0.616. The number of carbonyl (C=O) groups is 1. The van der Waals surface area contributed by atoms with Gasteiger partial charge >= 0.3 is 0 Å². The summed E-state index contributed by atoms with van der Waals surface area (Å²) in [5, 5.41) is 3.01. The van der Waals surface area contributed by atoms with E-state index in [0.717, 1.165) is 24.9 Å². The van der Waals surface area contributed by atoms with E-state index >= 15 is 0 Å². The van der Waals surface area contributed by atoms with Gasteiger partial charge in [-0.2, -0.15) is 0 Å². The molecule has 3 nitrogen and oxygen atoms in total. The summed E-state index contributed by atoms with van der Waals surface area (Å²) in [6.07, 6.45) is 4.40. The number of hydrogen-bond donors (Lipinski definition) is 2. The van der Waals surface area contributed by atoms with Crippen LogP contribution in [0.1, 0.15) is 25.7 Å². The van der Waals surface area contributed by atoms with Crippen molar-refractivity contribution < 1.29 is 4.79 Å². The van der Waals surface area contributed by atoms with E-state index in [1.54, 1.807) is 0 Å². The Hall–Kier alpha value is -0.620. The number of rotatable bonds is 3. The van der Waals surface area contributed by atoms with Gasteiger partial charge in [0.2, 0.25) is 5.91 Å². The van der Waals surface area contributed by atoms with Gasteiger partial charge in [0.15, 0.2) is 0 Å². The average Bonchev–Trinajstić information content (AvgIpc) is 2.41.